The lowest BCUT2D eigenvalue weighted by Gasteiger charge is -2.49. The molecule has 2 atom stereocenters. The number of hydrogen-bond donors (Lipinski definition) is 3. The second kappa shape index (κ2) is 9.64. The van der Waals surface area contributed by atoms with E-state index in [2.05, 4.69) is 36.0 Å². The third-order valence-electron chi connectivity index (χ3n) is 4.78. The Morgan fingerprint density at radius 1 is 1.47 bits per heavy atom. The molecule has 178 valence electrons. The molecular weight excluding hydrogens is 488 g/mol. The van der Waals surface area contributed by atoms with Gasteiger partial charge in [-0.05, 0) is 22.1 Å². The van der Waals surface area contributed by atoms with Gasteiger partial charge in [0.15, 0.2) is 5.82 Å². The first-order chi connectivity index (χ1) is 16.3. The number of thioether (sulfide) groups is 2. The van der Waals surface area contributed by atoms with Crippen LogP contribution in [-0.4, -0.2) is 93.7 Å². The Labute approximate surface area is 200 Å². The molecule has 4 N–H and O–H groups in total. The first kappa shape index (κ1) is 23.4. The molecule has 17 heteroatoms. The lowest BCUT2D eigenvalue weighted by atomic mass is 10.0. The first-order valence-corrected chi connectivity index (χ1v) is 11.6. The van der Waals surface area contributed by atoms with Crippen molar-refractivity contribution >= 4 is 52.8 Å². The SMILES string of the molecule is CON=C(C(=O)NC1C(=O)N2C(C(=O)O)=C(CSc3nnnn3C)CS[C@@H]12)c1nccc(N)n1. The summed E-state index contributed by atoms with van der Waals surface area (Å²) in [5.74, 6) is -1.88. The molecule has 4 rings (SSSR count). The van der Waals surface area contributed by atoms with Crippen LogP contribution >= 0.6 is 23.5 Å². The maximum atomic E-state index is 12.9. The second-order valence-corrected chi connectivity index (χ2v) is 8.97. The van der Waals surface area contributed by atoms with Crippen LogP contribution in [0.15, 0.2) is 33.8 Å². The number of aromatic nitrogens is 6. The van der Waals surface area contributed by atoms with Crippen molar-refractivity contribution in [3.8, 4) is 0 Å². The molecule has 0 radical (unpaired) electrons. The third kappa shape index (κ3) is 4.38. The van der Waals surface area contributed by atoms with E-state index in [4.69, 9.17) is 10.6 Å². The minimum absolute atomic E-state index is 0.0806. The first-order valence-electron chi connectivity index (χ1n) is 9.57. The zero-order valence-corrected chi connectivity index (χ0v) is 19.4. The number of aryl methyl sites for hydroxylation is 1. The van der Waals surface area contributed by atoms with Crippen molar-refractivity contribution in [1.29, 1.82) is 0 Å². The highest BCUT2D eigenvalue weighted by molar-refractivity contribution is 8.01. The number of carbonyl (C=O) groups excluding carboxylic acids is 2. The van der Waals surface area contributed by atoms with Crippen LogP contribution in [0.2, 0.25) is 0 Å². The fraction of sp³-hybridized carbons (Fsp3) is 0.353. The molecule has 0 aromatic carbocycles. The van der Waals surface area contributed by atoms with Crippen LogP contribution in [0.4, 0.5) is 5.82 Å². The van der Waals surface area contributed by atoms with Gasteiger partial charge in [0.05, 0.1) is 0 Å². The molecule has 2 aromatic rings. The maximum Gasteiger partial charge on any atom is 0.352 e. The number of β-lactam (4-membered cyclic amide) rings is 1. The molecule has 2 aliphatic rings. The molecule has 2 amide bonds. The molecule has 0 bridgehead atoms. The number of aliphatic carboxylic acids is 1. The van der Waals surface area contributed by atoms with Crippen molar-refractivity contribution in [2.45, 2.75) is 16.6 Å². The van der Waals surface area contributed by atoms with Crippen molar-refractivity contribution in [1.82, 2.24) is 40.4 Å². The molecule has 0 aliphatic carbocycles. The summed E-state index contributed by atoms with van der Waals surface area (Å²) in [5.41, 5.74) is 5.82. The lowest BCUT2D eigenvalue weighted by molar-refractivity contribution is -0.150. The molecule has 34 heavy (non-hydrogen) atoms. The number of carbonyl (C=O) groups is 3. The van der Waals surface area contributed by atoms with E-state index in [0.29, 0.717) is 16.5 Å². The average molecular weight is 507 g/mol. The van der Waals surface area contributed by atoms with E-state index >= 15 is 0 Å². The smallest absolute Gasteiger partial charge is 0.352 e. The number of nitrogen functional groups attached to an aromatic ring is 1. The molecule has 0 spiro atoms. The van der Waals surface area contributed by atoms with Crippen LogP contribution in [0.3, 0.4) is 0 Å². The molecule has 1 fully saturated rings. The minimum atomic E-state index is -1.23. The quantitative estimate of drug-likeness (QED) is 0.161. The molecule has 0 saturated carbocycles. The van der Waals surface area contributed by atoms with E-state index in [1.807, 2.05) is 0 Å². The summed E-state index contributed by atoms with van der Waals surface area (Å²) in [6, 6.07) is 0.473. The van der Waals surface area contributed by atoms with E-state index < -0.39 is 29.2 Å². The summed E-state index contributed by atoms with van der Waals surface area (Å²) >= 11 is 2.60. The van der Waals surface area contributed by atoms with Gasteiger partial charge in [-0.1, -0.05) is 16.9 Å². The van der Waals surface area contributed by atoms with Crippen LogP contribution in [0, 0.1) is 0 Å². The van der Waals surface area contributed by atoms with Gasteiger partial charge in [0.2, 0.25) is 10.9 Å². The fourth-order valence-electron chi connectivity index (χ4n) is 3.26. The van der Waals surface area contributed by atoms with E-state index in [0.717, 1.165) is 0 Å². The van der Waals surface area contributed by atoms with Crippen molar-refractivity contribution in [3.05, 3.63) is 29.4 Å². The Kier molecular flexibility index (Phi) is 6.64. The van der Waals surface area contributed by atoms with Gasteiger partial charge in [0, 0.05) is 24.8 Å². The van der Waals surface area contributed by atoms with Gasteiger partial charge in [-0.3, -0.25) is 14.5 Å². The van der Waals surface area contributed by atoms with Crippen molar-refractivity contribution in [2.24, 2.45) is 12.2 Å². The number of nitrogens with one attached hydrogen (secondary N) is 1. The monoisotopic (exact) mass is 506 g/mol. The summed E-state index contributed by atoms with van der Waals surface area (Å²) in [6.07, 6.45) is 1.35. The van der Waals surface area contributed by atoms with E-state index in [1.54, 1.807) is 7.05 Å². The Hall–Kier alpha value is -3.73. The summed E-state index contributed by atoms with van der Waals surface area (Å²) in [5, 5.41) is 27.1. The van der Waals surface area contributed by atoms with Gasteiger partial charge in [0.25, 0.3) is 11.8 Å². The Morgan fingerprint density at radius 2 is 2.26 bits per heavy atom. The molecular formula is C17H18N10O5S2. The summed E-state index contributed by atoms with van der Waals surface area (Å²) in [7, 11) is 2.91. The average Bonchev–Trinajstić information content (AvgIpc) is 3.23. The van der Waals surface area contributed by atoms with Crippen LogP contribution in [0.1, 0.15) is 5.82 Å². The van der Waals surface area contributed by atoms with Crippen molar-refractivity contribution in [3.63, 3.8) is 0 Å². The molecule has 2 aromatic heterocycles. The van der Waals surface area contributed by atoms with Crippen LogP contribution in [0.25, 0.3) is 0 Å². The number of carboxylic acid groups (broad SMARTS) is 1. The number of amides is 2. The molecule has 15 nitrogen and oxygen atoms in total. The predicted octanol–water partition coefficient (Wildman–Crippen LogP) is -1.54. The van der Waals surface area contributed by atoms with Crippen molar-refractivity contribution < 1.29 is 24.3 Å². The van der Waals surface area contributed by atoms with E-state index in [1.165, 1.54) is 52.5 Å². The van der Waals surface area contributed by atoms with Gasteiger partial charge in [-0.15, -0.1) is 16.9 Å². The number of nitrogens with two attached hydrogens (primary N) is 1. The van der Waals surface area contributed by atoms with Gasteiger partial charge in [0.1, 0.15) is 30.0 Å². The Morgan fingerprint density at radius 3 is 2.91 bits per heavy atom. The summed E-state index contributed by atoms with van der Waals surface area (Å²) in [6.45, 7) is 0. The number of nitrogens with zero attached hydrogens (tertiary/aromatic N) is 8. The third-order valence-corrected chi connectivity index (χ3v) is 7.22. The lowest BCUT2D eigenvalue weighted by Crippen LogP contribution is -2.71. The van der Waals surface area contributed by atoms with Gasteiger partial charge in [-0.2, -0.15) is 0 Å². The standard InChI is InChI=1S/C17H18N10O5S2/c1-26-17(22-24-25-26)34-6-7-5-33-15-10(14(29)27(15)11(7)16(30)31)21-13(28)9(23-32-2)12-19-4-3-8(18)20-12/h3-4,10,15H,5-6H2,1-2H3,(H,21,28)(H,30,31)(H2,18,19,20)/t10?,15-/m0/s1. The van der Waals surface area contributed by atoms with Crippen LogP contribution in [0.5, 0.6) is 0 Å². The second-order valence-electron chi connectivity index (χ2n) is 6.92. The van der Waals surface area contributed by atoms with E-state index in [9.17, 15) is 19.5 Å². The number of hydrogen-bond acceptors (Lipinski definition) is 13. The normalized spacial score (nSPS) is 20.0. The molecule has 2 aliphatic heterocycles. The molecule has 4 heterocycles. The number of carboxylic acids is 1. The topological polar surface area (TPSA) is 204 Å². The summed E-state index contributed by atoms with van der Waals surface area (Å²) in [4.78, 5) is 51.5. The van der Waals surface area contributed by atoms with E-state index in [-0.39, 0.29) is 28.8 Å². The highest BCUT2D eigenvalue weighted by Gasteiger charge is 2.54. The zero-order chi connectivity index (χ0) is 24.4. The molecule has 1 saturated heterocycles. The van der Waals surface area contributed by atoms with Crippen LogP contribution < -0.4 is 11.1 Å². The van der Waals surface area contributed by atoms with Gasteiger partial charge < -0.3 is 21.0 Å². The van der Waals surface area contributed by atoms with Crippen molar-refractivity contribution in [2.75, 3.05) is 24.3 Å². The Bertz CT molecular complexity index is 1210. The van der Waals surface area contributed by atoms with Gasteiger partial charge >= 0.3 is 5.97 Å². The predicted molar refractivity (Wildman–Crippen MR) is 119 cm³/mol. The maximum absolute atomic E-state index is 12.9. The fourth-order valence-corrected chi connectivity index (χ4v) is 5.60. The summed E-state index contributed by atoms with van der Waals surface area (Å²) < 4.78 is 1.47. The van der Waals surface area contributed by atoms with Gasteiger partial charge in [-0.25, -0.2) is 19.4 Å². The highest BCUT2D eigenvalue weighted by atomic mass is 32.2. The van der Waals surface area contributed by atoms with Crippen LogP contribution in [-0.2, 0) is 26.3 Å². The zero-order valence-electron chi connectivity index (χ0n) is 17.8. The number of fused-ring (bicyclic) bond motifs is 1. The highest BCUT2D eigenvalue weighted by Crippen LogP contribution is 2.41. The largest absolute Gasteiger partial charge is 0.477 e. The Balaban J connectivity index is 1.50. The number of anilines is 1. The number of oxime groups is 1. The molecule has 1 unspecified atom stereocenters. The minimum Gasteiger partial charge on any atom is -0.477 e. The number of tetrazole rings is 1. The number of rotatable bonds is 8.